The summed E-state index contributed by atoms with van der Waals surface area (Å²) < 4.78 is 27.1. The molecule has 0 amide bonds. The van der Waals surface area contributed by atoms with Crippen molar-refractivity contribution in [2.24, 2.45) is 0 Å². The van der Waals surface area contributed by atoms with Gasteiger partial charge in [0.15, 0.2) is 0 Å². The number of carbonyl (C=O) groups is 1. The van der Waals surface area contributed by atoms with Gasteiger partial charge in [-0.3, -0.25) is 4.79 Å². The SMILES string of the molecule is CCOC(C)COC(C)COC(C)COC(C)COC(C)=O. The van der Waals surface area contributed by atoms with E-state index in [1.165, 1.54) is 6.92 Å². The molecular weight excluding hydrogens is 288 g/mol. The Morgan fingerprint density at radius 3 is 1.45 bits per heavy atom. The van der Waals surface area contributed by atoms with Gasteiger partial charge in [-0.2, -0.15) is 0 Å². The molecule has 0 aromatic rings. The third-order valence-electron chi connectivity index (χ3n) is 2.82. The quantitative estimate of drug-likeness (QED) is 0.485. The second-order valence-electron chi connectivity index (χ2n) is 5.50. The third kappa shape index (κ3) is 13.0. The lowest BCUT2D eigenvalue weighted by atomic mass is 10.3. The summed E-state index contributed by atoms with van der Waals surface area (Å²) in [5.74, 6) is -0.299. The summed E-state index contributed by atoms with van der Waals surface area (Å²) in [6.45, 7) is 13.6. The Morgan fingerprint density at radius 1 is 0.727 bits per heavy atom. The zero-order chi connectivity index (χ0) is 17.0. The van der Waals surface area contributed by atoms with Crippen LogP contribution in [0, 0.1) is 0 Å². The molecule has 22 heavy (non-hydrogen) atoms. The summed E-state index contributed by atoms with van der Waals surface area (Å²) in [6.07, 6.45) is -0.0926. The minimum absolute atomic E-state index is 0.00354. The van der Waals surface area contributed by atoms with E-state index in [2.05, 4.69) is 0 Å². The lowest BCUT2D eigenvalue weighted by Crippen LogP contribution is -2.28. The van der Waals surface area contributed by atoms with Crippen molar-refractivity contribution >= 4 is 5.97 Å². The molecule has 0 saturated heterocycles. The van der Waals surface area contributed by atoms with Gasteiger partial charge in [0, 0.05) is 13.5 Å². The zero-order valence-corrected chi connectivity index (χ0v) is 14.8. The maximum Gasteiger partial charge on any atom is 0.302 e. The zero-order valence-electron chi connectivity index (χ0n) is 14.8. The molecule has 0 radical (unpaired) electrons. The van der Waals surface area contributed by atoms with Crippen molar-refractivity contribution in [1.29, 1.82) is 0 Å². The molecule has 0 aromatic heterocycles. The highest BCUT2D eigenvalue weighted by atomic mass is 16.6. The van der Waals surface area contributed by atoms with Gasteiger partial charge in [-0.25, -0.2) is 0 Å². The molecule has 0 N–H and O–H groups in total. The highest BCUT2D eigenvalue weighted by molar-refractivity contribution is 5.65. The fourth-order valence-electron chi connectivity index (χ4n) is 1.61. The van der Waals surface area contributed by atoms with Crippen LogP contribution >= 0.6 is 0 Å². The van der Waals surface area contributed by atoms with E-state index < -0.39 is 0 Å². The molecule has 0 spiro atoms. The van der Waals surface area contributed by atoms with Crippen molar-refractivity contribution in [3.63, 3.8) is 0 Å². The van der Waals surface area contributed by atoms with Crippen molar-refractivity contribution in [3.05, 3.63) is 0 Å². The van der Waals surface area contributed by atoms with Crippen LogP contribution in [0.5, 0.6) is 0 Å². The van der Waals surface area contributed by atoms with Crippen molar-refractivity contribution in [2.75, 3.05) is 33.0 Å². The number of esters is 1. The van der Waals surface area contributed by atoms with E-state index in [4.69, 9.17) is 23.7 Å². The Morgan fingerprint density at radius 2 is 1.09 bits per heavy atom. The number of ether oxygens (including phenoxy) is 5. The highest BCUT2D eigenvalue weighted by Gasteiger charge is 2.11. The minimum Gasteiger partial charge on any atom is -0.463 e. The van der Waals surface area contributed by atoms with Gasteiger partial charge >= 0.3 is 5.97 Å². The average molecular weight is 320 g/mol. The molecule has 132 valence electrons. The predicted octanol–water partition coefficient (Wildman–Crippen LogP) is 2.19. The second-order valence-corrected chi connectivity index (χ2v) is 5.50. The molecule has 4 atom stereocenters. The van der Waals surface area contributed by atoms with E-state index in [0.29, 0.717) is 26.4 Å². The second kappa shape index (κ2) is 12.8. The first kappa shape index (κ1) is 21.3. The Balaban J connectivity index is 3.66. The van der Waals surface area contributed by atoms with Crippen LogP contribution in [0.1, 0.15) is 41.5 Å². The number of hydrogen-bond donors (Lipinski definition) is 0. The summed E-state index contributed by atoms with van der Waals surface area (Å²) in [5.41, 5.74) is 0. The van der Waals surface area contributed by atoms with Gasteiger partial charge in [-0.15, -0.1) is 0 Å². The first-order valence-electron chi connectivity index (χ1n) is 7.94. The Bertz CT molecular complexity index is 284. The van der Waals surface area contributed by atoms with E-state index in [1.807, 2.05) is 34.6 Å². The van der Waals surface area contributed by atoms with Crippen molar-refractivity contribution < 1.29 is 28.5 Å². The predicted molar refractivity (Wildman–Crippen MR) is 84.0 cm³/mol. The monoisotopic (exact) mass is 320 g/mol. The maximum atomic E-state index is 10.7. The van der Waals surface area contributed by atoms with E-state index in [0.717, 1.165) is 0 Å². The molecule has 0 heterocycles. The molecular formula is C16H32O6. The van der Waals surface area contributed by atoms with Crippen molar-refractivity contribution in [3.8, 4) is 0 Å². The normalized spacial score (nSPS) is 16.8. The molecule has 0 rings (SSSR count). The van der Waals surface area contributed by atoms with Gasteiger partial charge in [0.05, 0.1) is 44.2 Å². The van der Waals surface area contributed by atoms with E-state index in [-0.39, 0.29) is 37.0 Å². The maximum absolute atomic E-state index is 10.7. The van der Waals surface area contributed by atoms with Gasteiger partial charge in [0.1, 0.15) is 6.61 Å². The largest absolute Gasteiger partial charge is 0.463 e. The van der Waals surface area contributed by atoms with Crippen LogP contribution < -0.4 is 0 Å². The molecule has 0 aliphatic rings. The van der Waals surface area contributed by atoms with Gasteiger partial charge < -0.3 is 23.7 Å². The Hall–Kier alpha value is -0.690. The summed E-state index contributed by atoms with van der Waals surface area (Å²) in [6, 6.07) is 0. The molecule has 6 heteroatoms. The van der Waals surface area contributed by atoms with Crippen LogP contribution in [0.15, 0.2) is 0 Å². The molecule has 6 nitrogen and oxygen atoms in total. The first-order valence-corrected chi connectivity index (χ1v) is 7.94. The van der Waals surface area contributed by atoms with E-state index in [1.54, 1.807) is 0 Å². The van der Waals surface area contributed by atoms with Gasteiger partial charge in [-0.05, 0) is 34.6 Å². The average Bonchev–Trinajstić information content (AvgIpc) is 2.46. The van der Waals surface area contributed by atoms with Crippen LogP contribution in [0.4, 0.5) is 0 Å². The fraction of sp³-hybridized carbons (Fsp3) is 0.938. The van der Waals surface area contributed by atoms with Crippen molar-refractivity contribution in [2.45, 2.75) is 66.0 Å². The summed E-state index contributed by atoms with van der Waals surface area (Å²) in [7, 11) is 0. The van der Waals surface area contributed by atoms with Crippen LogP contribution in [-0.2, 0) is 28.5 Å². The highest BCUT2D eigenvalue weighted by Crippen LogP contribution is 2.02. The van der Waals surface area contributed by atoms with Crippen LogP contribution in [0.2, 0.25) is 0 Å². The number of carbonyl (C=O) groups excluding carboxylic acids is 1. The van der Waals surface area contributed by atoms with Crippen LogP contribution in [0.25, 0.3) is 0 Å². The fourth-order valence-corrected chi connectivity index (χ4v) is 1.61. The minimum atomic E-state index is -0.299. The van der Waals surface area contributed by atoms with Crippen LogP contribution in [-0.4, -0.2) is 63.4 Å². The molecule has 0 saturated carbocycles. The molecule has 0 fully saturated rings. The topological polar surface area (TPSA) is 63.2 Å². The Labute approximate surface area is 134 Å². The third-order valence-corrected chi connectivity index (χ3v) is 2.82. The number of hydrogen-bond acceptors (Lipinski definition) is 6. The Kier molecular flexibility index (Phi) is 12.4. The van der Waals surface area contributed by atoms with Crippen LogP contribution in [0.3, 0.4) is 0 Å². The lowest BCUT2D eigenvalue weighted by Gasteiger charge is -2.21. The summed E-state index contributed by atoms with van der Waals surface area (Å²) in [4.78, 5) is 10.7. The molecule has 4 unspecified atom stereocenters. The lowest BCUT2D eigenvalue weighted by molar-refractivity contribution is -0.146. The smallest absolute Gasteiger partial charge is 0.302 e. The standard InChI is InChI=1S/C16H32O6/c1-7-18-12(2)8-19-13(3)9-20-14(4)10-21-15(5)11-22-16(6)17/h12-15H,7-11H2,1-6H3. The summed E-state index contributed by atoms with van der Waals surface area (Å²) >= 11 is 0. The molecule has 0 aliphatic heterocycles. The number of rotatable bonds is 13. The molecule has 0 aliphatic carbocycles. The van der Waals surface area contributed by atoms with E-state index in [9.17, 15) is 4.79 Å². The van der Waals surface area contributed by atoms with Gasteiger partial charge in [0.2, 0.25) is 0 Å². The van der Waals surface area contributed by atoms with Gasteiger partial charge in [0.25, 0.3) is 0 Å². The summed E-state index contributed by atoms with van der Waals surface area (Å²) in [5, 5.41) is 0. The van der Waals surface area contributed by atoms with Gasteiger partial charge in [-0.1, -0.05) is 0 Å². The van der Waals surface area contributed by atoms with Crippen molar-refractivity contribution in [1.82, 2.24) is 0 Å². The first-order chi connectivity index (χ1) is 10.3. The molecule has 0 aromatic carbocycles. The molecule has 0 bridgehead atoms. The van der Waals surface area contributed by atoms with E-state index >= 15 is 0 Å².